The predicted molar refractivity (Wildman–Crippen MR) is 105 cm³/mol. The van der Waals surface area contributed by atoms with Crippen molar-refractivity contribution in [2.45, 2.75) is 6.54 Å². The zero-order valence-corrected chi connectivity index (χ0v) is 15.2. The normalized spacial score (nSPS) is 10.7. The monoisotopic (exact) mass is 360 g/mol. The van der Waals surface area contributed by atoms with E-state index in [1.807, 2.05) is 43.4 Å². The Morgan fingerprint density at radius 2 is 1.52 bits per heavy atom. The third-order valence-corrected chi connectivity index (χ3v) is 4.03. The van der Waals surface area contributed by atoms with Crippen LogP contribution in [0, 0.1) is 0 Å². The lowest BCUT2D eigenvalue weighted by Gasteiger charge is -2.19. The fraction of sp³-hybridized carbons (Fsp3) is 0.143. The van der Waals surface area contributed by atoms with Gasteiger partial charge in [0.05, 0.1) is 24.0 Å². The highest BCUT2D eigenvalue weighted by Crippen LogP contribution is 2.22. The summed E-state index contributed by atoms with van der Waals surface area (Å²) in [6.45, 7) is 0.722. The van der Waals surface area contributed by atoms with Crippen LogP contribution >= 0.6 is 0 Å². The van der Waals surface area contributed by atoms with Gasteiger partial charge in [-0.1, -0.05) is 12.1 Å². The minimum absolute atomic E-state index is 0.327. The van der Waals surface area contributed by atoms with Crippen molar-refractivity contribution in [3.63, 3.8) is 0 Å². The number of nitrogens with zero attached hydrogens (tertiary/aromatic N) is 4. The maximum atomic E-state index is 11.5. The van der Waals surface area contributed by atoms with Gasteiger partial charge in [0.25, 0.3) is 0 Å². The first-order valence-corrected chi connectivity index (χ1v) is 8.46. The summed E-state index contributed by atoms with van der Waals surface area (Å²) in [4.78, 5) is 17.6. The molecule has 0 aliphatic rings. The topological polar surface area (TPSA) is 67.2 Å². The van der Waals surface area contributed by atoms with Crippen molar-refractivity contribution in [1.29, 1.82) is 0 Å². The summed E-state index contributed by atoms with van der Waals surface area (Å²) in [5.41, 5.74) is 4.27. The highest BCUT2D eigenvalue weighted by molar-refractivity contribution is 5.89. The molecule has 0 aliphatic heterocycles. The number of methoxy groups -OCH3 is 1. The van der Waals surface area contributed by atoms with E-state index in [0.717, 1.165) is 29.2 Å². The van der Waals surface area contributed by atoms with Crippen molar-refractivity contribution < 1.29 is 9.53 Å². The Labute approximate surface area is 158 Å². The second-order valence-electron chi connectivity index (χ2n) is 5.97. The zero-order valence-electron chi connectivity index (χ0n) is 15.2. The molecular formula is C21H20N4O2. The molecule has 1 heterocycles. The summed E-state index contributed by atoms with van der Waals surface area (Å²) >= 11 is 0. The number of benzene rings is 2. The average Bonchev–Trinajstić information content (AvgIpc) is 2.73. The van der Waals surface area contributed by atoms with Crippen LogP contribution in [0.1, 0.15) is 15.9 Å². The molecule has 0 unspecified atom stereocenters. The molecule has 0 radical (unpaired) electrons. The Balaban J connectivity index is 1.62. The fourth-order valence-electron chi connectivity index (χ4n) is 2.53. The van der Waals surface area contributed by atoms with Gasteiger partial charge < -0.3 is 9.64 Å². The number of pyridine rings is 1. The van der Waals surface area contributed by atoms with E-state index in [1.165, 1.54) is 7.11 Å². The van der Waals surface area contributed by atoms with Gasteiger partial charge in [-0.25, -0.2) is 4.79 Å². The van der Waals surface area contributed by atoms with E-state index < -0.39 is 0 Å². The number of aromatic nitrogens is 1. The molecule has 2 aromatic carbocycles. The first-order valence-electron chi connectivity index (χ1n) is 8.46. The van der Waals surface area contributed by atoms with E-state index in [1.54, 1.807) is 36.7 Å². The molecule has 0 atom stereocenters. The molecular weight excluding hydrogens is 340 g/mol. The zero-order chi connectivity index (χ0) is 19.1. The summed E-state index contributed by atoms with van der Waals surface area (Å²) < 4.78 is 4.72. The van der Waals surface area contributed by atoms with Crippen molar-refractivity contribution in [3.05, 3.63) is 84.2 Å². The van der Waals surface area contributed by atoms with Gasteiger partial charge in [0.1, 0.15) is 0 Å². The number of azo groups is 1. The lowest BCUT2D eigenvalue weighted by Crippen LogP contribution is -2.16. The third-order valence-electron chi connectivity index (χ3n) is 4.03. The first kappa shape index (κ1) is 18.3. The largest absolute Gasteiger partial charge is 0.465 e. The molecule has 0 saturated heterocycles. The molecule has 6 heteroatoms. The minimum Gasteiger partial charge on any atom is -0.465 e. The number of carbonyl (C=O) groups excluding carboxylic acids is 1. The molecule has 3 rings (SSSR count). The maximum absolute atomic E-state index is 11.5. The summed E-state index contributed by atoms with van der Waals surface area (Å²) in [6.07, 6.45) is 3.37. The number of ether oxygens (including phenoxy) is 1. The number of rotatable bonds is 6. The van der Waals surface area contributed by atoms with Crippen LogP contribution in [0.15, 0.2) is 83.3 Å². The van der Waals surface area contributed by atoms with Gasteiger partial charge in [-0.2, -0.15) is 10.2 Å². The number of hydrogen-bond acceptors (Lipinski definition) is 6. The second kappa shape index (κ2) is 8.71. The van der Waals surface area contributed by atoms with Crippen LogP contribution in [0.3, 0.4) is 0 Å². The lowest BCUT2D eigenvalue weighted by atomic mass is 10.1. The van der Waals surface area contributed by atoms with E-state index in [-0.39, 0.29) is 5.97 Å². The van der Waals surface area contributed by atoms with E-state index in [4.69, 9.17) is 4.74 Å². The van der Waals surface area contributed by atoms with Crippen molar-refractivity contribution in [3.8, 4) is 0 Å². The van der Waals surface area contributed by atoms with E-state index in [0.29, 0.717) is 5.56 Å². The van der Waals surface area contributed by atoms with Crippen LogP contribution in [0.25, 0.3) is 0 Å². The SMILES string of the molecule is COC(=O)c1ccc(CN(C)c2ccc(N=Nc3ccncc3)cc2)cc1. The molecule has 3 aromatic rings. The Bertz CT molecular complexity index is 907. The number of anilines is 1. The van der Waals surface area contributed by atoms with Gasteiger partial charge in [0.2, 0.25) is 0 Å². The highest BCUT2D eigenvalue weighted by atomic mass is 16.5. The van der Waals surface area contributed by atoms with E-state index >= 15 is 0 Å². The van der Waals surface area contributed by atoms with Crippen LogP contribution < -0.4 is 4.90 Å². The minimum atomic E-state index is -0.327. The highest BCUT2D eigenvalue weighted by Gasteiger charge is 2.06. The molecule has 0 amide bonds. The molecule has 0 N–H and O–H groups in total. The average molecular weight is 360 g/mol. The summed E-state index contributed by atoms with van der Waals surface area (Å²) in [5.74, 6) is -0.327. The number of esters is 1. The van der Waals surface area contributed by atoms with Gasteiger partial charge in [0, 0.05) is 31.7 Å². The smallest absolute Gasteiger partial charge is 0.337 e. The summed E-state index contributed by atoms with van der Waals surface area (Å²) in [5, 5.41) is 8.41. The van der Waals surface area contributed by atoms with Gasteiger partial charge in [-0.15, -0.1) is 0 Å². The predicted octanol–water partition coefficient (Wildman–Crippen LogP) is 4.92. The van der Waals surface area contributed by atoms with Gasteiger partial charge in [-0.3, -0.25) is 4.98 Å². The van der Waals surface area contributed by atoms with Gasteiger partial charge in [0.15, 0.2) is 0 Å². The lowest BCUT2D eigenvalue weighted by molar-refractivity contribution is 0.0600. The molecule has 0 fully saturated rings. The summed E-state index contributed by atoms with van der Waals surface area (Å²) in [6, 6.07) is 18.9. The molecule has 27 heavy (non-hydrogen) atoms. The Morgan fingerprint density at radius 1 is 0.926 bits per heavy atom. The molecule has 1 aromatic heterocycles. The Hall–Kier alpha value is -3.54. The van der Waals surface area contributed by atoms with E-state index in [2.05, 4.69) is 20.1 Å². The molecule has 0 saturated carbocycles. The van der Waals surface area contributed by atoms with E-state index in [9.17, 15) is 4.79 Å². The maximum Gasteiger partial charge on any atom is 0.337 e. The molecule has 0 spiro atoms. The molecule has 6 nitrogen and oxygen atoms in total. The Morgan fingerprint density at radius 3 is 2.11 bits per heavy atom. The van der Waals surface area contributed by atoms with Gasteiger partial charge >= 0.3 is 5.97 Å². The number of hydrogen-bond donors (Lipinski definition) is 0. The van der Waals surface area contributed by atoms with Gasteiger partial charge in [-0.05, 0) is 54.1 Å². The fourth-order valence-corrected chi connectivity index (χ4v) is 2.53. The Kier molecular flexibility index (Phi) is 5.89. The summed E-state index contributed by atoms with van der Waals surface area (Å²) in [7, 11) is 3.39. The quantitative estimate of drug-likeness (QED) is 0.462. The van der Waals surface area contributed by atoms with Crippen LogP contribution in [-0.2, 0) is 11.3 Å². The van der Waals surface area contributed by atoms with Crippen molar-refractivity contribution >= 4 is 23.0 Å². The van der Waals surface area contributed by atoms with Crippen LogP contribution in [-0.4, -0.2) is 25.1 Å². The van der Waals surface area contributed by atoms with Crippen molar-refractivity contribution in [1.82, 2.24) is 4.98 Å². The third kappa shape index (κ3) is 4.98. The molecule has 0 aliphatic carbocycles. The molecule has 136 valence electrons. The first-order chi connectivity index (χ1) is 13.2. The number of carbonyl (C=O) groups is 1. The van der Waals surface area contributed by atoms with Crippen LogP contribution in [0.2, 0.25) is 0 Å². The molecule has 0 bridgehead atoms. The van der Waals surface area contributed by atoms with Crippen LogP contribution in [0.5, 0.6) is 0 Å². The van der Waals surface area contributed by atoms with Crippen molar-refractivity contribution in [2.75, 3.05) is 19.1 Å². The standard InChI is InChI=1S/C21H20N4O2/c1-25(15-16-3-5-17(6-4-16)21(26)27-2)20-9-7-18(8-10-20)23-24-19-11-13-22-14-12-19/h3-14H,15H2,1-2H3. The second-order valence-corrected chi connectivity index (χ2v) is 5.97. The van der Waals surface area contributed by atoms with Crippen LogP contribution in [0.4, 0.5) is 17.1 Å². The van der Waals surface area contributed by atoms with Crippen molar-refractivity contribution in [2.24, 2.45) is 10.2 Å².